The van der Waals surface area contributed by atoms with Crippen molar-refractivity contribution in [2.24, 2.45) is 0 Å². The molecule has 164 valence electrons. The van der Waals surface area contributed by atoms with Gasteiger partial charge in [-0.2, -0.15) is 5.10 Å². The van der Waals surface area contributed by atoms with E-state index in [2.05, 4.69) is 32.1 Å². The van der Waals surface area contributed by atoms with Gasteiger partial charge in [0.25, 0.3) is 5.91 Å². The number of hydrogen-bond acceptors (Lipinski definition) is 7. The van der Waals surface area contributed by atoms with Gasteiger partial charge >= 0.3 is 0 Å². The Morgan fingerprint density at radius 3 is 2.70 bits per heavy atom. The number of nitrogens with one attached hydrogen (secondary N) is 1. The van der Waals surface area contributed by atoms with Gasteiger partial charge in [0, 0.05) is 23.9 Å². The Bertz CT molecular complexity index is 1370. The lowest BCUT2D eigenvalue weighted by molar-refractivity contribution is -0.117. The Kier molecular flexibility index (Phi) is 5.32. The van der Waals surface area contributed by atoms with E-state index in [-0.39, 0.29) is 18.0 Å². The molecule has 1 fully saturated rings. The van der Waals surface area contributed by atoms with Crippen molar-refractivity contribution in [3.05, 3.63) is 55.0 Å². The zero-order valence-corrected chi connectivity index (χ0v) is 17.9. The minimum atomic E-state index is -0.262. The fourth-order valence-corrected chi connectivity index (χ4v) is 3.88. The Morgan fingerprint density at radius 1 is 1.15 bits per heavy atom. The highest BCUT2D eigenvalue weighted by Gasteiger charge is 2.34. The summed E-state index contributed by atoms with van der Waals surface area (Å²) in [6.07, 6.45) is 4.60. The van der Waals surface area contributed by atoms with E-state index in [0.29, 0.717) is 34.2 Å². The largest absolute Gasteiger partial charge is 0.439 e. The number of nitrogens with two attached hydrogens (primary N) is 1. The van der Waals surface area contributed by atoms with Crippen LogP contribution in [0.15, 0.2) is 55.0 Å². The molecule has 1 aromatic carbocycles. The minimum Gasteiger partial charge on any atom is -0.439 e. The molecule has 5 rings (SSSR count). The van der Waals surface area contributed by atoms with Crippen LogP contribution < -0.4 is 15.8 Å². The lowest BCUT2D eigenvalue weighted by atomic mass is 9.87. The highest BCUT2D eigenvalue weighted by atomic mass is 16.5. The summed E-state index contributed by atoms with van der Waals surface area (Å²) in [6, 6.07) is 13.3. The van der Waals surface area contributed by atoms with Crippen LogP contribution in [0.3, 0.4) is 0 Å². The zero-order valence-electron chi connectivity index (χ0n) is 17.9. The SMILES string of the molecule is CC#CC(=O)NC1CC(n2nc(-c3ccc(Oc4ccccc4)nc3)c3c(N)ncnc32)C1. The molecule has 0 radical (unpaired) electrons. The molecule has 9 nitrogen and oxygen atoms in total. The van der Waals surface area contributed by atoms with Crippen molar-refractivity contribution in [2.75, 3.05) is 5.73 Å². The Hall–Kier alpha value is -4.45. The van der Waals surface area contributed by atoms with Gasteiger partial charge in [-0.3, -0.25) is 4.79 Å². The number of fused-ring (bicyclic) bond motifs is 1. The first-order valence-corrected chi connectivity index (χ1v) is 10.5. The lowest BCUT2D eigenvalue weighted by Gasteiger charge is -2.35. The third kappa shape index (κ3) is 4.06. The van der Waals surface area contributed by atoms with Crippen LogP contribution in [0.1, 0.15) is 25.8 Å². The van der Waals surface area contributed by atoms with Gasteiger partial charge in [0.05, 0.1) is 11.4 Å². The van der Waals surface area contributed by atoms with E-state index in [9.17, 15) is 4.79 Å². The quantitative estimate of drug-likeness (QED) is 0.458. The number of nitrogens with zero attached hydrogens (tertiary/aromatic N) is 5. The second-order valence-electron chi connectivity index (χ2n) is 7.72. The van der Waals surface area contributed by atoms with E-state index < -0.39 is 0 Å². The number of benzene rings is 1. The molecule has 1 amide bonds. The molecule has 1 aliphatic rings. The lowest BCUT2D eigenvalue weighted by Crippen LogP contribution is -2.44. The van der Waals surface area contributed by atoms with E-state index in [1.54, 1.807) is 19.2 Å². The number of nitrogen functional groups attached to an aromatic ring is 1. The third-order valence-electron chi connectivity index (χ3n) is 5.53. The van der Waals surface area contributed by atoms with E-state index >= 15 is 0 Å². The summed E-state index contributed by atoms with van der Waals surface area (Å²) < 4.78 is 7.65. The van der Waals surface area contributed by atoms with E-state index in [4.69, 9.17) is 15.6 Å². The molecule has 3 aromatic heterocycles. The van der Waals surface area contributed by atoms with Gasteiger partial charge in [-0.25, -0.2) is 19.6 Å². The van der Waals surface area contributed by atoms with Gasteiger partial charge in [0.2, 0.25) is 5.88 Å². The highest BCUT2D eigenvalue weighted by Crippen LogP contribution is 2.38. The van der Waals surface area contributed by atoms with Crippen LogP contribution in [-0.4, -0.2) is 36.7 Å². The predicted octanol–water partition coefficient (Wildman–Crippen LogP) is 3.11. The molecule has 9 heteroatoms. The summed E-state index contributed by atoms with van der Waals surface area (Å²) >= 11 is 0. The molecule has 0 bridgehead atoms. The van der Waals surface area contributed by atoms with E-state index in [0.717, 1.165) is 18.4 Å². The number of amides is 1. The highest BCUT2D eigenvalue weighted by molar-refractivity contribution is 5.98. The van der Waals surface area contributed by atoms with Crippen molar-refractivity contribution >= 4 is 22.8 Å². The number of rotatable bonds is 5. The van der Waals surface area contributed by atoms with Gasteiger partial charge < -0.3 is 15.8 Å². The van der Waals surface area contributed by atoms with Crippen LogP contribution in [0.5, 0.6) is 11.6 Å². The Labute approximate surface area is 190 Å². The molecule has 1 aliphatic carbocycles. The summed E-state index contributed by atoms with van der Waals surface area (Å²) in [5.74, 6) is 6.39. The second-order valence-corrected chi connectivity index (χ2v) is 7.72. The minimum absolute atomic E-state index is 0.0568. The summed E-state index contributed by atoms with van der Waals surface area (Å²) in [6.45, 7) is 1.64. The Morgan fingerprint density at radius 2 is 1.97 bits per heavy atom. The van der Waals surface area contributed by atoms with Crippen LogP contribution in [0, 0.1) is 11.8 Å². The number of anilines is 1. The molecular weight excluding hydrogens is 418 g/mol. The summed E-state index contributed by atoms with van der Waals surface area (Å²) in [5, 5.41) is 8.41. The maximum Gasteiger partial charge on any atom is 0.296 e. The molecule has 0 atom stereocenters. The maximum atomic E-state index is 11.7. The summed E-state index contributed by atoms with van der Waals surface area (Å²) in [7, 11) is 0. The van der Waals surface area contributed by atoms with Gasteiger partial charge in [-0.1, -0.05) is 24.1 Å². The van der Waals surface area contributed by atoms with Crippen molar-refractivity contribution in [3.63, 3.8) is 0 Å². The number of para-hydroxylation sites is 1. The van der Waals surface area contributed by atoms with Gasteiger partial charge in [0.15, 0.2) is 5.65 Å². The Balaban J connectivity index is 1.41. The van der Waals surface area contributed by atoms with Crippen LogP contribution in [0.4, 0.5) is 5.82 Å². The molecule has 1 saturated carbocycles. The number of pyridine rings is 1. The average Bonchev–Trinajstić information content (AvgIpc) is 3.18. The normalized spacial score (nSPS) is 17.0. The van der Waals surface area contributed by atoms with E-state index in [1.165, 1.54) is 6.33 Å². The molecule has 0 unspecified atom stereocenters. The van der Waals surface area contributed by atoms with Crippen LogP contribution in [0.25, 0.3) is 22.3 Å². The first-order chi connectivity index (χ1) is 16.1. The molecular formula is C24H21N7O2. The molecule has 3 heterocycles. The first kappa shape index (κ1) is 20.5. The van der Waals surface area contributed by atoms with Gasteiger partial charge in [0.1, 0.15) is 23.6 Å². The number of hydrogen-bond donors (Lipinski definition) is 2. The monoisotopic (exact) mass is 439 g/mol. The number of aromatic nitrogens is 5. The molecule has 0 saturated heterocycles. The zero-order chi connectivity index (χ0) is 22.8. The van der Waals surface area contributed by atoms with E-state index in [1.807, 2.05) is 41.1 Å². The average molecular weight is 439 g/mol. The molecule has 33 heavy (non-hydrogen) atoms. The first-order valence-electron chi connectivity index (χ1n) is 10.5. The number of ether oxygens (including phenoxy) is 1. The van der Waals surface area contributed by atoms with Crippen LogP contribution >= 0.6 is 0 Å². The standard InChI is InChI=1S/C24H21N7O2/c1-2-6-19(32)29-16-11-17(12-16)31-24-21(23(25)27-14-28-24)22(30-31)15-9-10-20(26-13-15)33-18-7-4-3-5-8-18/h3-5,7-10,13-14,16-17H,11-12H2,1H3,(H,29,32)(H2,25,27,28). The smallest absolute Gasteiger partial charge is 0.296 e. The van der Waals surface area contributed by atoms with Crippen molar-refractivity contribution in [1.82, 2.24) is 30.0 Å². The van der Waals surface area contributed by atoms with Crippen molar-refractivity contribution in [3.8, 4) is 34.7 Å². The fourth-order valence-electron chi connectivity index (χ4n) is 3.88. The van der Waals surface area contributed by atoms with Crippen LogP contribution in [-0.2, 0) is 4.79 Å². The third-order valence-corrected chi connectivity index (χ3v) is 5.53. The molecule has 4 aromatic rings. The summed E-state index contributed by atoms with van der Waals surface area (Å²) in [4.78, 5) is 24.7. The van der Waals surface area contributed by atoms with Crippen molar-refractivity contribution < 1.29 is 9.53 Å². The van der Waals surface area contributed by atoms with Crippen molar-refractivity contribution in [2.45, 2.75) is 31.8 Å². The fraction of sp³-hybridized carbons (Fsp3) is 0.208. The van der Waals surface area contributed by atoms with Gasteiger partial charge in [-0.05, 0) is 43.9 Å². The number of carbonyl (C=O) groups is 1. The maximum absolute atomic E-state index is 11.7. The molecule has 0 spiro atoms. The number of carbonyl (C=O) groups excluding carboxylic acids is 1. The van der Waals surface area contributed by atoms with Crippen molar-refractivity contribution in [1.29, 1.82) is 0 Å². The molecule has 3 N–H and O–H groups in total. The molecule has 0 aliphatic heterocycles. The second kappa shape index (κ2) is 8.59. The summed E-state index contributed by atoms with van der Waals surface area (Å²) in [5.41, 5.74) is 8.30. The van der Waals surface area contributed by atoms with Crippen LogP contribution in [0.2, 0.25) is 0 Å². The van der Waals surface area contributed by atoms with Gasteiger partial charge in [-0.15, -0.1) is 0 Å². The topological polar surface area (TPSA) is 121 Å². The predicted molar refractivity (Wildman–Crippen MR) is 123 cm³/mol.